The zero-order valence-corrected chi connectivity index (χ0v) is 38.0. The fraction of sp³-hybridized carbons (Fsp3) is 0.941. The first-order chi connectivity index (χ1) is 26.0. The van der Waals surface area contributed by atoms with Crippen LogP contribution in [0.5, 0.6) is 0 Å². The summed E-state index contributed by atoms with van der Waals surface area (Å²) in [6, 6.07) is 0. The molecule has 0 radical (unpaired) electrons. The molecule has 0 aliphatic carbocycles. The van der Waals surface area contributed by atoms with Gasteiger partial charge in [0.25, 0.3) is 0 Å². The highest BCUT2D eigenvalue weighted by atomic mass is 15.1. The Balaban J connectivity index is 4.60. The molecule has 53 heavy (non-hydrogen) atoms. The summed E-state index contributed by atoms with van der Waals surface area (Å²) < 4.78 is 0. The lowest BCUT2D eigenvalue weighted by molar-refractivity contribution is 0.257. The van der Waals surface area contributed by atoms with Crippen LogP contribution in [0.3, 0.4) is 0 Å². The minimum absolute atomic E-state index is 0.919. The van der Waals surface area contributed by atoms with Crippen LogP contribution in [0.4, 0.5) is 0 Å². The van der Waals surface area contributed by atoms with Gasteiger partial charge < -0.3 is 4.90 Å². The van der Waals surface area contributed by atoms with Gasteiger partial charge in [0.15, 0.2) is 0 Å². The van der Waals surface area contributed by atoms with Crippen molar-refractivity contribution in [3.05, 3.63) is 12.2 Å². The summed E-state index contributed by atoms with van der Waals surface area (Å²) in [6.45, 7) is 20.1. The smallest absolute Gasteiger partial charge is 0.0276 e. The molecule has 0 aliphatic rings. The van der Waals surface area contributed by atoms with Crippen LogP contribution in [0, 0.1) is 11.8 Å². The molecule has 0 aromatic heterocycles. The Morgan fingerprint density at radius 2 is 0.717 bits per heavy atom. The van der Waals surface area contributed by atoms with Crippen molar-refractivity contribution >= 4 is 5.71 Å². The van der Waals surface area contributed by atoms with Gasteiger partial charge in [-0.1, -0.05) is 214 Å². The fourth-order valence-electron chi connectivity index (χ4n) is 8.56. The number of unbranched alkanes of at least 4 members (excludes halogenated alkanes) is 20. The molecule has 0 N–H and O–H groups in total. The first kappa shape index (κ1) is 52.4. The Morgan fingerprint density at radius 3 is 1.15 bits per heavy atom. The summed E-state index contributed by atoms with van der Waals surface area (Å²) in [4.78, 5) is 7.63. The minimum Gasteiger partial charge on any atom is -0.303 e. The SMILES string of the molecule is C=C(CCCCN(CCCCC)CCCCC(CCC(CCCCCC)CCCCCCCC)=NC)CCC(CCCCCC)CCCCCCCC. The van der Waals surface area contributed by atoms with E-state index in [0.717, 1.165) is 11.8 Å². The summed E-state index contributed by atoms with van der Waals surface area (Å²) in [5.74, 6) is 1.85. The molecule has 316 valence electrons. The van der Waals surface area contributed by atoms with E-state index in [2.05, 4.69) is 53.1 Å². The van der Waals surface area contributed by atoms with E-state index in [4.69, 9.17) is 4.99 Å². The molecule has 0 amide bonds. The minimum atomic E-state index is 0.919. The summed E-state index contributed by atoms with van der Waals surface area (Å²) in [6.07, 6.45) is 51.3. The molecule has 0 bridgehead atoms. The molecular formula is C51H102N2. The van der Waals surface area contributed by atoms with Gasteiger partial charge in [-0.3, -0.25) is 4.99 Å². The van der Waals surface area contributed by atoms with Crippen molar-refractivity contribution in [2.24, 2.45) is 16.8 Å². The molecule has 2 atom stereocenters. The highest BCUT2D eigenvalue weighted by molar-refractivity contribution is 5.84. The maximum atomic E-state index is 4.83. The Bertz CT molecular complexity index is 755. The van der Waals surface area contributed by atoms with Crippen molar-refractivity contribution in [3.8, 4) is 0 Å². The second-order valence-electron chi connectivity index (χ2n) is 17.6. The van der Waals surface area contributed by atoms with E-state index >= 15 is 0 Å². The zero-order valence-electron chi connectivity index (χ0n) is 38.0. The average Bonchev–Trinajstić information content (AvgIpc) is 3.17. The molecule has 0 aromatic carbocycles. The molecular weight excluding hydrogens is 641 g/mol. The molecule has 0 rings (SSSR count). The topological polar surface area (TPSA) is 15.6 Å². The number of aliphatic imine (C=N–C) groups is 1. The van der Waals surface area contributed by atoms with Crippen molar-refractivity contribution in [1.82, 2.24) is 4.90 Å². The highest BCUT2D eigenvalue weighted by Gasteiger charge is 2.13. The van der Waals surface area contributed by atoms with Crippen molar-refractivity contribution in [2.45, 2.75) is 272 Å². The van der Waals surface area contributed by atoms with Crippen LogP contribution in [-0.2, 0) is 0 Å². The van der Waals surface area contributed by atoms with E-state index < -0.39 is 0 Å². The van der Waals surface area contributed by atoms with Gasteiger partial charge >= 0.3 is 0 Å². The van der Waals surface area contributed by atoms with E-state index in [9.17, 15) is 0 Å². The fourth-order valence-corrected chi connectivity index (χ4v) is 8.56. The number of hydrogen-bond donors (Lipinski definition) is 0. The lowest BCUT2D eigenvalue weighted by Crippen LogP contribution is -2.27. The Labute approximate surface area is 337 Å². The van der Waals surface area contributed by atoms with Gasteiger partial charge in [0.1, 0.15) is 0 Å². The van der Waals surface area contributed by atoms with Crippen LogP contribution in [-0.4, -0.2) is 37.3 Å². The monoisotopic (exact) mass is 743 g/mol. The molecule has 0 fully saturated rings. The van der Waals surface area contributed by atoms with Crippen molar-refractivity contribution in [3.63, 3.8) is 0 Å². The Kier molecular flexibility index (Phi) is 42.0. The van der Waals surface area contributed by atoms with Gasteiger partial charge in [0, 0.05) is 12.8 Å². The molecule has 0 aliphatic heterocycles. The van der Waals surface area contributed by atoms with Crippen molar-refractivity contribution < 1.29 is 0 Å². The van der Waals surface area contributed by atoms with Crippen molar-refractivity contribution in [1.29, 1.82) is 0 Å². The number of rotatable bonds is 44. The highest BCUT2D eigenvalue weighted by Crippen LogP contribution is 2.27. The predicted octanol–water partition coefficient (Wildman–Crippen LogP) is 17.7. The molecule has 0 saturated carbocycles. The number of allylic oxidation sites excluding steroid dienone is 1. The quantitative estimate of drug-likeness (QED) is 0.0345. The Morgan fingerprint density at radius 1 is 0.377 bits per heavy atom. The van der Waals surface area contributed by atoms with Gasteiger partial charge in [-0.15, -0.1) is 0 Å². The standard InChI is InChI=1S/C51H102N2/c1-8-13-18-22-24-28-38-49(36-26-20-15-10-3)42-41-48(6)35-30-33-46-53(45-32-17-12-5)47-34-31-40-51(52-7)44-43-50(37-27-21-16-11-4)39-29-25-23-19-14-9-2/h49-50H,6,8-47H2,1-5,7H3. The van der Waals surface area contributed by atoms with E-state index in [1.807, 2.05) is 0 Å². The van der Waals surface area contributed by atoms with Crippen LogP contribution in [0.1, 0.15) is 272 Å². The molecule has 2 heteroatoms. The number of nitrogens with zero attached hydrogens (tertiary/aromatic N) is 2. The number of hydrogen-bond acceptors (Lipinski definition) is 2. The van der Waals surface area contributed by atoms with E-state index in [1.54, 1.807) is 0 Å². The van der Waals surface area contributed by atoms with Crippen LogP contribution < -0.4 is 0 Å². The van der Waals surface area contributed by atoms with E-state index in [0.29, 0.717) is 0 Å². The molecule has 0 heterocycles. The third-order valence-corrected chi connectivity index (χ3v) is 12.4. The van der Waals surface area contributed by atoms with Gasteiger partial charge in [-0.2, -0.15) is 0 Å². The van der Waals surface area contributed by atoms with Crippen LogP contribution in [0.2, 0.25) is 0 Å². The molecule has 0 saturated heterocycles. The lowest BCUT2D eigenvalue weighted by atomic mass is 9.88. The first-order valence-corrected chi connectivity index (χ1v) is 24.9. The third-order valence-electron chi connectivity index (χ3n) is 12.4. The summed E-state index contributed by atoms with van der Waals surface area (Å²) in [7, 11) is 2.06. The lowest BCUT2D eigenvalue weighted by Gasteiger charge is -2.23. The maximum absolute atomic E-state index is 4.83. The second-order valence-corrected chi connectivity index (χ2v) is 17.6. The third kappa shape index (κ3) is 36.7. The molecule has 0 spiro atoms. The van der Waals surface area contributed by atoms with Gasteiger partial charge in [-0.25, -0.2) is 0 Å². The van der Waals surface area contributed by atoms with Crippen LogP contribution >= 0.6 is 0 Å². The average molecular weight is 743 g/mol. The normalized spacial score (nSPS) is 13.3. The summed E-state index contributed by atoms with van der Waals surface area (Å²) in [5, 5.41) is 0. The summed E-state index contributed by atoms with van der Waals surface area (Å²) >= 11 is 0. The van der Waals surface area contributed by atoms with Crippen LogP contribution in [0.15, 0.2) is 17.1 Å². The van der Waals surface area contributed by atoms with Gasteiger partial charge in [-0.05, 0) is 102 Å². The zero-order chi connectivity index (χ0) is 38.9. The van der Waals surface area contributed by atoms with Crippen molar-refractivity contribution in [2.75, 3.05) is 26.7 Å². The first-order valence-electron chi connectivity index (χ1n) is 24.9. The summed E-state index contributed by atoms with van der Waals surface area (Å²) in [5.41, 5.74) is 3.03. The van der Waals surface area contributed by atoms with E-state index in [-0.39, 0.29) is 0 Å². The van der Waals surface area contributed by atoms with E-state index in [1.165, 1.54) is 268 Å². The molecule has 0 aromatic rings. The Hall–Kier alpha value is -0.630. The predicted molar refractivity (Wildman–Crippen MR) is 245 cm³/mol. The van der Waals surface area contributed by atoms with Gasteiger partial charge in [0.2, 0.25) is 0 Å². The van der Waals surface area contributed by atoms with Crippen LogP contribution in [0.25, 0.3) is 0 Å². The van der Waals surface area contributed by atoms with Gasteiger partial charge in [0.05, 0.1) is 0 Å². The molecule has 2 unspecified atom stereocenters. The molecule has 2 nitrogen and oxygen atoms in total. The maximum Gasteiger partial charge on any atom is 0.0276 e. The largest absolute Gasteiger partial charge is 0.303 e. The second kappa shape index (κ2) is 42.5.